The number of aliphatic hydroxyl groups is 1. The first-order valence-electron chi connectivity index (χ1n) is 11.4. The number of aromatic nitrogens is 1. The summed E-state index contributed by atoms with van der Waals surface area (Å²) in [7, 11) is 0. The molecule has 0 spiro atoms. The Morgan fingerprint density at radius 3 is 2.68 bits per heavy atom. The quantitative estimate of drug-likeness (QED) is 0.577. The number of ether oxygens (including phenoxy) is 2. The number of Topliss-reactive ketones (excluding diaryl/α,β-unsaturated/α-hetero) is 1. The van der Waals surface area contributed by atoms with E-state index < -0.39 is 24.7 Å². The molecule has 2 aromatic rings. The summed E-state index contributed by atoms with van der Waals surface area (Å²) in [6.45, 7) is 0. The number of carbonyl (C=O) groups is 1. The summed E-state index contributed by atoms with van der Waals surface area (Å²) < 4.78 is 52.8. The molecule has 5 aliphatic rings. The smallest absolute Gasteiger partial charge is 0.482 e. The van der Waals surface area contributed by atoms with Crippen LogP contribution in [-0.4, -0.2) is 34.4 Å². The average molecular weight is 498 g/mol. The van der Waals surface area contributed by atoms with Gasteiger partial charge in [-0.25, -0.2) is 4.98 Å². The number of fused-ring (bicyclic) bond motifs is 1. The summed E-state index contributed by atoms with van der Waals surface area (Å²) in [5.41, 5.74) is 0.325. The number of nitrogens with zero attached hydrogens (tertiary/aromatic N) is 1. The molecule has 2 heterocycles. The van der Waals surface area contributed by atoms with Crippen molar-refractivity contribution in [3.63, 3.8) is 0 Å². The van der Waals surface area contributed by atoms with Crippen LogP contribution in [-0.2, 0) is 14.9 Å². The highest BCUT2D eigenvalue weighted by Crippen LogP contribution is 2.75. The van der Waals surface area contributed by atoms with Gasteiger partial charge in [-0.1, -0.05) is 11.6 Å². The maximum absolute atomic E-state index is 13.0. The fourth-order valence-electron chi connectivity index (χ4n) is 6.31. The Morgan fingerprint density at radius 1 is 1.24 bits per heavy atom. The zero-order valence-electron chi connectivity index (χ0n) is 18.1. The largest absolute Gasteiger partial charge is 0.522 e. The normalized spacial score (nSPS) is 35.9. The van der Waals surface area contributed by atoms with Gasteiger partial charge < -0.3 is 14.3 Å². The Balaban J connectivity index is 1.03. The van der Waals surface area contributed by atoms with Crippen LogP contribution in [0.5, 0.6) is 5.75 Å². The molecule has 34 heavy (non-hydrogen) atoms. The summed E-state index contributed by atoms with van der Waals surface area (Å²) in [6, 6.07) is 5.00. The number of aliphatic hydroxyl groups excluding tert-OH is 1. The topological polar surface area (TPSA) is 81.8 Å². The lowest BCUT2D eigenvalue weighted by molar-refractivity contribution is -0.352. The number of carbonyl (C=O) groups excluding carboxylic acids is 1. The lowest BCUT2D eigenvalue weighted by Gasteiger charge is -2.69. The van der Waals surface area contributed by atoms with Gasteiger partial charge in [0.05, 0.1) is 18.4 Å². The lowest BCUT2D eigenvalue weighted by atomic mass is 9.34. The number of hydrogen-bond donors (Lipinski definition) is 1. The van der Waals surface area contributed by atoms with Gasteiger partial charge in [0, 0.05) is 34.8 Å². The monoisotopic (exact) mass is 497 g/mol. The van der Waals surface area contributed by atoms with Crippen LogP contribution >= 0.6 is 11.6 Å². The van der Waals surface area contributed by atoms with Gasteiger partial charge in [-0.3, -0.25) is 9.53 Å². The van der Waals surface area contributed by atoms with Gasteiger partial charge in [0.25, 0.3) is 0 Å². The van der Waals surface area contributed by atoms with Crippen LogP contribution in [0.2, 0.25) is 5.02 Å². The predicted octanol–water partition coefficient (Wildman–Crippen LogP) is 5.38. The Morgan fingerprint density at radius 2 is 1.97 bits per heavy atom. The number of ketones is 1. The fraction of sp³-hybridized carbons (Fsp3) is 0.583. The van der Waals surface area contributed by atoms with E-state index in [0.717, 1.165) is 19.3 Å². The zero-order chi connectivity index (χ0) is 23.9. The van der Waals surface area contributed by atoms with Crippen LogP contribution in [0.25, 0.3) is 0 Å². The van der Waals surface area contributed by atoms with Crippen LogP contribution in [0.1, 0.15) is 74.2 Å². The highest BCUT2D eigenvalue weighted by molar-refractivity contribution is 6.30. The van der Waals surface area contributed by atoms with Crippen molar-refractivity contribution in [2.75, 3.05) is 0 Å². The van der Waals surface area contributed by atoms with E-state index in [0.29, 0.717) is 34.4 Å². The van der Waals surface area contributed by atoms with Gasteiger partial charge in [0.15, 0.2) is 11.9 Å². The number of benzene rings is 1. The summed E-state index contributed by atoms with van der Waals surface area (Å²) in [6.07, 6.45) is -1.83. The van der Waals surface area contributed by atoms with Crippen molar-refractivity contribution < 1.29 is 37.0 Å². The van der Waals surface area contributed by atoms with Crippen molar-refractivity contribution in [2.45, 2.75) is 81.0 Å². The lowest BCUT2D eigenvalue weighted by Crippen LogP contribution is -2.65. The van der Waals surface area contributed by atoms with Crippen molar-refractivity contribution >= 4 is 17.4 Å². The molecule has 10 heteroatoms. The summed E-state index contributed by atoms with van der Waals surface area (Å²) in [4.78, 5) is 17.4. The van der Waals surface area contributed by atoms with Gasteiger partial charge in [0.2, 0.25) is 5.89 Å². The highest BCUT2D eigenvalue weighted by Gasteiger charge is 2.71. The number of halogens is 4. The van der Waals surface area contributed by atoms with Gasteiger partial charge >= 0.3 is 6.36 Å². The first-order valence-corrected chi connectivity index (χ1v) is 11.8. The first kappa shape index (κ1) is 22.4. The molecule has 2 bridgehead atoms. The van der Waals surface area contributed by atoms with E-state index in [4.69, 9.17) is 20.8 Å². The van der Waals surface area contributed by atoms with Crippen LogP contribution in [0.15, 0.2) is 28.8 Å². The SMILES string of the molecule is O=C(CC12CC(c3ncc(C4CC(OC(F)(F)F)C4)o3)(C1)C2)[C@H]1C[C@@H](O)c2cc(Cl)ccc2O1. The Labute approximate surface area is 198 Å². The molecule has 1 aliphatic heterocycles. The van der Waals surface area contributed by atoms with E-state index in [1.165, 1.54) is 0 Å². The predicted molar refractivity (Wildman–Crippen MR) is 112 cm³/mol. The molecule has 0 amide bonds. The molecule has 4 fully saturated rings. The molecular formula is C24H23ClF3NO5. The second-order valence-corrected chi connectivity index (χ2v) is 10.9. The van der Waals surface area contributed by atoms with E-state index in [-0.39, 0.29) is 41.8 Å². The molecule has 1 aromatic heterocycles. The van der Waals surface area contributed by atoms with Crippen LogP contribution in [0.4, 0.5) is 13.2 Å². The molecule has 2 atom stereocenters. The van der Waals surface area contributed by atoms with E-state index in [2.05, 4.69) is 9.72 Å². The number of oxazole rings is 1. The second kappa shape index (κ2) is 7.45. The van der Waals surface area contributed by atoms with E-state index in [1.807, 2.05) is 0 Å². The minimum absolute atomic E-state index is 0.0220. The summed E-state index contributed by atoms with van der Waals surface area (Å²) in [5, 5.41) is 10.9. The Bertz CT molecular complexity index is 1120. The van der Waals surface area contributed by atoms with Gasteiger partial charge in [0.1, 0.15) is 11.5 Å². The Kier molecular flexibility index (Phi) is 4.90. The average Bonchev–Trinajstić information content (AvgIpc) is 3.14. The number of alkyl halides is 3. The third kappa shape index (κ3) is 3.72. The van der Waals surface area contributed by atoms with E-state index in [9.17, 15) is 23.1 Å². The Hall–Kier alpha value is -2.10. The molecule has 0 unspecified atom stereocenters. The maximum Gasteiger partial charge on any atom is 0.522 e. The van der Waals surface area contributed by atoms with E-state index >= 15 is 0 Å². The second-order valence-electron chi connectivity index (χ2n) is 10.4. The van der Waals surface area contributed by atoms with Crippen LogP contribution < -0.4 is 4.74 Å². The molecule has 6 nitrogen and oxygen atoms in total. The van der Waals surface area contributed by atoms with Crippen molar-refractivity contribution in [3.05, 3.63) is 46.6 Å². The zero-order valence-corrected chi connectivity index (χ0v) is 18.9. The molecule has 182 valence electrons. The highest BCUT2D eigenvalue weighted by atomic mass is 35.5. The minimum Gasteiger partial charge on any atom is -0.482 e. The maximum atomic E-state index is 13.0. The van der Waals surface area contributed by atoms with Gasteiger partial charge in [-0.15, -0.1) is 13.2 Å². The first-order chi connectivity index (χ1) is 16.0. The molecule has 0 saturated heterocycles. The molecule has 7 rings (SSSR count). The van der Waals surface area contributed by atoms with Crippen LogP contribution in [0.3, 0.4) is 0 Å². The third-order valence-corrected chi connectivity index (χ3v) is 8.10. The van der Waals surface area contributed by atoms with Crippen LogP contribution in [0, 0.1) is 5.41 Å². The van der Waals surface area contributed by atoms with Gasteiger partial charge in [-0.05, 0) is 55.7 Å². The molecular weight excluding hydrogens is 475 g/mol. The minimum atomic E-state index is -4.61. The molecule has 1 N–H and O–H groups in total. The number of rotatable bonds is 6. The molecule has 4 aliphatic carbocycles. The van der Waals surface area contributed by atoms with Crippen molar-refractivity contribution in [1.82, 2.24) is 4.98 Å². The number of hydrogen-bond acceptors (Lipinski definition) is 6. The molecule has 4 saturated carbocycles. The van der Waals surface area contributed by atoms with Crippen molar-refractivity contribution in [3.8, 4) is 5.75 Å². The summed E-state index contributed by atoms with van der Waals surface area (Å²) >= 11 is 5.99. The van der Waals surface area contributed by atoms with E-state index in [1.54, 1.807) is 24.4 Å². The standard InChI is InChI=1S/C24H23ClF3NO5/c25-13-1-2-18-15(5-13)16(30)6-19(32-18)17(31)7-22-9-23(10-22,11-22)21-29-8-20(33-21)12-3-14(4-12)34-24(26,27)28/h1-2,5,8,12,14,16,19,30H,3-4,6-7,9-11H2/t12?,14?,16-,19-,22?,23?/m1/s1. The third-order valence-electron chi connectivity index (χ3n) is 7.86. The molecule has 1 aromatic carbocycles. The fourth-order valence-corrected chi connectivity index (χ4v) is 6.50. The van der Waals surface area contributed by atoms with Crippen molar-refractivity contribution in [1.29, 1.82) is 0 Å². The van der Waals surface area contributed by atoms with Crippen molar-refractivity contribution in [2.24, 2.45) is 5.41 Å². The molecule has 0 radical (unpaired) electrons. The summed E-state index contributed by atoms with van der Waals surface area (Å²) in [5.74, 6) is 1.58. The van der Waals surface area contributed by atoms with Gasteiger partial charge in [-0.2, -0.15) is 0 Å².